The number of hydrogen-bond acceptors (Lipinski definition) is 2. The molecule has 0 amide bonds. The van der Waals surface area contributed by atoms with Crippen molar-refractivity contribution in [3.8, 4) is 0 Å². The van der Waals surface area contributed by atoms with Gasteiger partial charge in [0.05, 0.1) is 0 Å². The number of nitrogens with one attached hydrogen (secondary N) is 1. The summed E-state index contributed by atoms with van der Waals surface area (Å²) in [7, 11) is 1.91. The largest absolute Gasteiger partial charge is 0.365 e. The molecule has 0 atom stereocenters. The van der Waals surface area contributed by atoms with Crippen LogP contribution in [0, 0.1) is 6.92 Å². The lowest BCUT2D eigenvalue weighted by atomic mass is 10.1. The Labute approximate surface area is 104 Å². The number of aromatic nitrogens is 2. The number of aryl methyl sites for hydroxylation is 2. The van der Waals surface area contributed by atoms with Gasteiger partial charge in [-0.1, -0.05) is 28.1 Å². The molecule has 16 heavy (non-hydrogen) atoms. The van der Waals surface area contributed by atoms with Crippen LogP contribution in [0.2, 0.25) is 0 Å². The number of benzene rings is 1. The summed E-state index contributed by atoms with van der Waals surface area (Å²) in [4.78, 5) is 0. The first kappa shape index (κ1) is 11.2. The lowest BCUT2D eigenvalue weighted by Crippen LogP contribution is -2.01. The van der Waals surface area contributed by atoms with Gasteiger partial charge in [0.1, 0.15) is 5.82 Å². The lowest BCUT2D eigenvalue weighted by Gasteiger charge is -2.05. The topological polar surface area (TPSA) is 29.9 Å². The van der Waals surface area contributed by atoms with Crippen molar-refractivity contribution in [3.05, 3.63) is 46.1 Å². The molecule has 0 aliphatic rings. The van der Waals surface area contributed by atoms with Gasteiger partial charge in [-0.05, 0) is 24.1 Å². The number of nitrogens with zero attached hydrogens (tertiary/aromatic N) is 2. The minimum atomic E-state index is 0.797. The van der Waals surface area contributed by atoms with Crippen LogP contribution in [0.4, 0.5) is 5.82 Å². The normalized spacial score (nSPS) is 10.4. The van der Waals surface area contributed by atoms with E-state index in [1.807, 2.05) is 19.3 Å². The highest BCUT2D eigenvalue weighted by atomic mass is 79.9. The van der Waals surface area contributed by atoms with Gasteiger partial charge in [0.2, 0.25) is 0 Å². The third-order valence-corrected chi connectivity index (χ3v) is 3.30. The number of anilines is 1. The second-order valence-corrected chi connectivity index (χ2v) is 4.67. The second kappa shape index (κ2) is 4.70. The zero-order chi connectivity index (χ0) is 11.5. The first-order chi connectivity index (χ1) is 7.65. The van der Waals surface area contributed by atoms with E-state index in [1.54, 1.807) is 4.68 Å². The molecule has 0 bridgehead atoms. The summed E-state index contributed by atoms with van der Waals surface area (Å²) in [6.07, 6.45) is 1.93. The fourth-order valence-electron chi connectivity index (χ4n) is 1.52. The molecule has 0 unspecified atom stereocenters. The van der Waals surface area contributed by atoms with E-state index in [4.69, 9.17) is 0 Å². The molecule has 1 heterocycles. The number of hydrogen-bond donors (Lipinski definition) is 1. The maximum atomic E-state index is 4.26. The molecular formula is C12H14BrN3. The summed E-state index contributed by atoms with van der Waals surface area (Å²) >= 11 is 3.49. The van der Waals surface area contributed by atoms with Gasteiger partial charge in [0.25, 0.3) is 0 Å². The third-order valence-electron chi connectivity index (χ3n) is 2.41. The fourth-order valence-corrected chi connectivity index (χ4v) is 1.77. The van der Waals surface area contributed by atoms with E-state index >= 15 is 0 Å². The van der Waals surface area contributed by atoms with E-state index in [1.165, 1.54) is 11.1 Å². The van der Waals surface area contributed by atoms with Crippen molar-refractivity contribution < 1.29 is 0 Å². The Morgan fingerprint density at radius 3 is 2.81 bits per heavy atom. The highest BCUT2D eigenvalue weighted by Crippen LogP contribution is 2.17. The van der Waals surface area contributed by atoms with Crippen molar-refractivity contribution in [1.82, 2.24) is 9.78 Å². The van der Waals surface area contributed by atoms with Gasteiger partial charge < -0.3 is 5.32 Å². The summed E-state index contributed by atoms with van der Waals surface area (Å²) in [5.41, 5.74) is 2.51. The molecule has 0 aliphatic heterocycles. The Hall–Kier alpha value is -1.29. The van der Waals surface area contributed by atoms with E-state index < -0.39 is 0 Å². The minimum absolute atomic E-state index is 0.797. The van der Waals surface area contributed by atoms with Crippen LogP contribution in [-0.2, 0) is 13.6 Å². The van der Waals surface area contributed by atoms with Crippen LogP contribution in [0.3, 0.4) is 0 Å². The summed E-state index contributed by atoms with van der Waals surface area (Å²) in [5, 5.41) is 7.54. The van der Waals surface area contributed by atoms with Crippen LogP contribution in [-0.4, -0.2) is 9.78 Å². The van der Waals surface area contributed by atoms with E-state index in [-0.39, 0.29) is 0 Å². The Morgan fingerprint density at radius 1 is 1.38 bits per heavy atom. The van der Waals surface area contributed by atoms with E-state index in [2.05, 4.69) is 51.5 Å². The van der Waals surface area contributed by atoms with Crippen LogP contribution < -0.4 is 5.32 Å². The molecule has 1 aromatic carbocycles. The molecule has 1 aromatic heterocycles. The molecule has 2 aromatic rings. The van der Waals surface area contributed by atoms with Gasteiger partial charge in [0, 0.05) is 30.3 Å². The first-order valence-corrected chi connectivity index (χ1v) is 5.93. The summed E-state index contributed by atoms with van der Waals surface area (Å²) in [6.45, 7) is 2.89. The Kier molecular flexibility index (Phi) is 3.29. The minimum Gasteiger partial charge on any atom is -0.365 e. The van der Waals surface area contributed by atoms with Crippen LogP contribution in [0.5, 0.6) is 0 Å². The Bertz CT molecular complexity index is 491. The summed E-state index contributed by atoms with van der Waals surface area (Å²) in [5.74, 6) is 0.906. The van der Waals surface area contributed by atoms with Crippen molar-refractivity contribution >= 4 is 21.7 Å². The monoisotopic (exact) mass is 279 g/mol. The lowest BCUT2D eigenvalue weighted by molar-refractivity contribution is 0.768. The smallest absolute Gasteiger partial charge is 0.148 e. The van der Waals surface area contributed by atoms with E-state index in [9.17, 15) is 0 Å². The van der Waals surface area contributed by atoms with Crippen molar-refractivity contribution in [2.45, 2.75) is 13.5 Å². The number of rotatable bonds is 3. The van der Waals surface area contributed by atoms with Crippen molar-refractivity contribution in [1.29, 1.82) is 0 Å². The highest BCUT2D eigenvalue weighted by molar-refractivity contribution is 9.10. The Balaban J connectivity index is 2.02. The predicted octanol–water partition coefficient (Wildman–Crippen LogP) is 3.10. The van der Waals surface area contributed by atoms with Gasteiger partial charge in [-0.2, -0.15) is 5.10 Å². The highest BCUT2D eigenvalue weighted by Gasteiger charge is 1.99. The standard InChI is InChI=1S/C12H14BrN3/c1-9-7-10(3-4-11(9)13)8-14-12-5-6-16(2)15-12/h3-7H,8H2,1-2H3,(H,14,15). The van der Waals surface area contributed by atoms with Gasteiger partial charge in [-0.25, -0.2) is 0 Å². The van der Waals surface area contributed by atoms with Crippen molar-refractivity contribution in [3.63, 3.8) is 0 Å². The van der Waals surface area contributed by atoms with Gasteiger partial charge in [-0.3, -0.25) is 4.68 Å². The molecule has 0 spiro atoms. The van der Waals surface area contributed by atoms with Crippen molar-refractivity contribution in [2.75, 3.05) is 5.32 Å². The Morgan fingerprint density at radius 2 is 2.19 bits per heavy atom. The summed E-state index contributed by atoms with van der Waals surface area (Å²) < 4.78 is 2.93. The summed E-state index contributed by atoms with van der Waals surface area (Å²) in [6, 6.07) is 8.31. The SMILES string of the molecule is Cc1cc(CNc2ccn(C)n2)ccc1Br. The predicted molar refractivity (Wildman–Crippen MR) is 69.4 cm³/mol. The van der Waals surface area contributed by atoms with Crippen LogP contribution in [0.15, 0.2) is 34.9 Å². The maximum absolute atomic E-state index is 4.26. The molecule has 0 aliphatic carbocycles. The first-order valence-electron chi connectivity index (χ1n) is 5.14. The van der Waals surface area contributed by atoms with Gasteiger partial charge >= 0.3 is 0 Å². The van der Waals surface area contributed by atoms with E-state index in [0.717, 1.165) is 16.8 Å². The molecule has 2 rings (SSSR count). The molecule has 1 N–H and O–H groups in total. The molecule has 0 fully saturated rings. The molecule has 3 nitrogen and oxygen atoms in total. The van der Waals surface area contributed by atoms with E-state index in [0.29, 0.717) is 0 Å². The van der Waals surface area contributed by atoms with Gasteiger partial charge in [0.15, 0.2) is 0 Å². The molecular weight excluding hydrogens is 266 g/mol. The molecule has 0 saturated carbocycles. The molecule has 0 saturated heterocycles. The quantitative estimate of drug-likeness (QED) is 0.936. The third kappa shape index (κ3) is 2.64. The second-order valence-electron chi connectivity index (χ2n) is 3.81. The fraction of sp³-hybridized carbons (Fsp3) is 0.250. The average Bonchev–Trinajstić information content (AvgIpc) is 2.66. The molecule has 4 heteroatoms. The zero-order valence-electron chi connectivity index (χ0n) is 9.37. The molecule has 0 radical (unpaired) electrons. The zero-order valence-corrected chi connectivity index (χ0v) is 11.0. The molecule has 84 valence electrons. The van der Waals surface area contributed by atoms with Crippen molar-refractivity contribution in [2.24, 2.45) is 7.05 Å². The average molecular weight is 280 g/mol. The van der Waals surface area contributed by atoms with Crippen LogP contribution in [0.1, 0.15) is 11.1 Å². The number of halogens is 1. The van der Waals surface area contributed by atoms with Crippen LogP contribution in [0.25, 0.3) is 0 Å². The van der Waals surface area contributed by atoms with Gasteiger partial charge in [-0.15, -0.1) is 0 Å². The van der Waals surface area contributed by atoms with Crippen LogP contribution >= 0.6 is 15.9 Å². The maximum Gasteiger partial charge on any atom is 0.148 e.